The van der Waals surface area contributed by atoms with Crippen molar-refractivity contribution in [2.24, 2.45) is 0 Å². The predicted octanol–water partition coefficient (Wildman–Crippen LogP) is 2.31. The number of benzene rings is 1. The van der Waals surface area contributed by atoms with E-state index < -0.39 is 15.9 Å². The van der Waals surface area contributed by atoms with Crippen molar-refractivity contribution in [1.82, 2.24) is 4.72 Å². The van der Waals surface area contributed by atoms with Crippen LogP contribution in [-0.4, -0.2) is 21.4 Å². The molecule has 1 aromatic carbocycles. The normalized spacial score (nSPS) is 11.4. The third-order valence-electron chi connectivity index (χ3n) is 3.32. The molecular formula is C15H18N2O4S. The molecule has 2 N–H and O–H groups in total. The zero-order valence-corrected chi connectivity index (χ0v) is 13.5. The highest BCUT2D eigenvalue weighted by Crippen LogP contribution is 2.22. The van der Waals surface area contributed by atoms with Crippen molar-refractivity contribution >= 4 is 21.6 Å². The second-order valence-electron chi connectivity index (χ2n) is 4.74. The molecule has 0 bridgehead atoms. The number of nitrogens with one attached hydrogen (secondary N) is 2. The van der Waals surface area contributed by atoms with Gasteiger partial charge in [-0.15, -0.1) is 0 Å². The first-order valence-electron chi connectivity index (χ1n) is 6.82. The number of carbonyl (C=O) groups excluding carboxylic acids is 1. The van der Waals surface area contributed by atoms with Gasteiger partial charge in [0.05, 0.1) is 0 Å². The highest BCUT2D eigenvalue weighted by molar-refractivity contribution is 7.89. The summed E-state index contributed by atoms with van der Waals surface area (Å²) in [6, 6.07) is 8.34. The lowest BCUT2D eigenvalue weighted by molar-refractivity contribution is 0.0991. The molecule has 0 atom stereocenters. The van der Waals surface area contributed by atoms with Gasteiger partial charge in [0, 0.05) is 5.69 Å². The molecule has 0 fully saturated rings. The average molecular weight is 322 g/mol. The highest BCUT2D eigenvalue weighted by Gasteiger charge is 2.20. The van der Waals surface area contributed by atoms with E-state index in [2.05, 4.69) is 10.0 Å². The van der Waals surface area contributed by atoms with E-state index >= 15 is 0 Å². The molecule has 1 amide bonds. The van der Waals surface area contributed by atoms with Crippen molar-refractivity contribution in [2.75, 3.05) is 12.4 Å². The van der Waals surface area contributed by atoms with Crippen LogP contribution in [0.15, 0.2) is 39.8 Å². The first-order valence-corrected chi connectivity index (χ1v) is 8.30. The summed E-state index contributed by atoms with van der Waals surface area (Å²) in [6.07, 6.45) is 0.773. The molecule has 22 heavy (non-hydrogen) atoms. The number of amides is 1. The van der Waals surface area contributed by atoms with Gasteiger partial charge in [-0.25, -0.2) is 13.1 Å². The maximum atomic E-state index is 12.2. The summed E-state index contributed by atoms with van der Waals surface area (Å²) in [6.45, 7) is 3.89. The molecule has 0 aliphatic carbocycles. The number of anilines is 1. The summed E-state index contributed by atoms with van der Waals surface area (Å²) in [5.74, 6) is -0.541. The molecular weight excluding hydrogens is 304 g/mol. The Balaban J connectivity index is 2.28. The number of aryl methyl sites for hydroxylation is 2. The number of carbonyl (C=O) groups is 1. The first-order chi connectivity index (χ1) is 10.4. The Morgan fingerprint density at radius 3 is 2.59 bits per heavy atom. The molecule has 0 saturated heterocycles. The molecule has 0 radical (unpaired) electrons. The van der Waals surface area contributed by atoms with Gasteiger partial charge in [-0.3, -0.25) is 4.79 Å². The summed E-state index contributed by atoms with van der Waals surface area (Å²) in [4.78, 5) is 12.2. The van der Waals surface area contributed by atoms with E-state index in [4.69, 9.17) is 4.42 Å². The molecule has 1 heterocycles. The molecule has 2 aromatic rings. The maximum Gasteiger partial charge on any atom is 0.291 e. The van der Waals surface area contributed by atoms with Gasteiger partial charge in [0.2, 0.25) is 5.09 Å². The summed E-state index contributed by atoms with van der Waals surface area (Å²) in [7, 11) is -2.43. The van der Waals surface area contributed by atoms with Gasteiger partial charge < -0.3 is 9.73 Å². The lowest BCUT2D eigenvalue weighted by atomic mass is 10.1. The van der Waals surface area contributed by atoms with Crippen LogP contribution in [0.3, 0.4) is 0 Å². The van der Waals surface area contributed by atoms with E-state index in [-0.39, 0.29) is 10.9 Å². The van der Waals surface area contributed by atoms with Crippen LogP contribution in [-0.2, 0) is 16.4 Å². The van der Waals surface area contributed by atoms with Crippen LogP contribution in [0.5, 0.6) is 0 Å². The smallest absolute Gasteiger partial charge is 0.291 e. The Morgan fingerprint density at radius 1 is 1.23 bits per heavy atom. The van der Waals surface area contributed by atoms with Crippen molar-refractivity contribution in [2.45, 2.75) is 25.4 Å². The van der Waals surface area contributed by atoms with Crippen LogP contribution in [0.4, 0.5) is 5.69 Å². The van der Waals surface area contributed by atoms with Crippen molar-refractivity contribution in [3.05, 3.63) is 47.2 Å². The van der Waals surface area contributed by atoms with Gasteiger partial charge in [-0.05, 0) is 43.7 Å². The lowest BCUT2D eigenvalue weighted by Crippen LogP contribution is -2.18. The topological polar surface area (TPSA) is 88.4 Å². The lowest BCUT2D eigenvalue weighted by Gasteiger charge is -2.11. The number of hydrogen-bond acceptors (Lipinski definition) is 4. The fraction of sp³-hybridized carbons (Fsp3) is 0.267. The van der Waals surface area contributed by atoms with Gasteiger partial charge in [0.25, 0.3) is 15.9 Å². The zero-order valence-electron chi connectivity index (χ0n) is 12.6. The fourth-order valence-electron chi connectivity index (χ4n) is 2.06. The molecule has 2 rings (SSSR count). The van der Waals surface area contributed by atoms with E-state index in [1.807, 2.05) is 32.0 Å². The molecule has 0 aliphatic heterocycles. The largest absolute Gasteiger partial charge is 0.438 e. The van der Waals surface area contributed by atoms with E-state index in [0.717, 1.165) is 23.2 Å². The fourth-order valence-corrected chi connectivity index (χ4v) is 2.71. The Hall–Kier alpha value is -2.12. The molecule has 0 saturated carbocycles. The van der Waals surface area contributed by atoms with Crippen LogP contribution >= 0.6 is 0 Å². The van der Waals surface area contributed by atoms with Crippen molar-refractivity contribution in [1.29, 1.82) is 0 Å². The number of rotatable bonds is 5. The third kappa shape index (κ3) is 3.20. The van der Waals surface area contributed by atoms with E-state index in [1.54, 1.807) is 0 Å². The second-order valence-corrected chi connectivity index (χ2v) is 6.56. The van der Waals surface area contributed by atoms with Crippen LogP contribution in [0.25, 0.3) is 0 Å². The molecule has 0 unspecified atom stereocenters. The van der Waals surface area contributed by atoms with Gasteiger partial charge >= 0.3 is 0 Å². The Bertz CT molecular complexity index is 794. The van der Waals surface area contributed by atoms with Gasteiger partial charge in [0.1, 0.15) is 0 Å². The van der Waals surface area contributed by atoms with Gasteiger partial charge in [-0.2, -0.15) is 0 Å². The minimum Gasteiger partial charge on any atom is -0.438 e. The van der Waals surface area contributed by atoms with E-state index in [0.29, 0.717) is 0 Å². The number of hydrogen-bond donors (Lipinski definition) is 2. The summed E-state index contributed by atoms with van der Waals surface area (Å²) >= 11 is 0. The minimum absolute atomic E-state index is 0.0564. The van der Waals surface area contributed by atoms with Crippen LogP contribution < -0.4 is 10.0 Å². The highest BCUT2D eigenvalue weighted by atomic mass is 32.2. The van der Waals surface area contributed by atoms with Gasteiger partial charge in [0.15, 0.2) is 5.76 Å². The Labute approximate surface area is 129 Å². The Kier molecular flexibility index (Phi) is 4.68. The summed E-state index contributed by atoms with van der Waals surface area (Å²) in [5.41, 5.74) is 2.66. The van der Waals surface area contributed by atoms with Crippen LogP contribution in [0, 0.1) is 6.92 Å². The average Bonchev–Trinajstić information content (AvgIpc) is 3.00. The molecule has 0 spiro atoms. The maximum absolute atomic E-state index is 12.2. The third-order valence-corrected chi connectivity index (χ3v) is 4.60. The SMILES string of the molecule is CCc1cccc(C)c1NC(=O)c1ccc(S(=O)(=O)NC)o1. The molecule has 0 aliphatic rings. The number of furan rings is 1. The second kappa shape index (κ2) is 6.33. The predicted molar refractivity (Wildman–Crippen MR) is 83.5 cm³/mol. The van der Waals surface area contributed by atoms with Crippen molar-refractivity contribution in [3.63, 3.8) is 0 Å². The molecule has 118 valence electrons. The molecule has 1 aromatic heterocycles. The summed E-state index contributed by atoms with van der Waals surface area (Å²) in [5, 5.41) is 2.49. The standard InChI is InChI=1S/C15H18N2O4S/c1-4-11-7-5-6-10(2)14(11)17-15(18)12-8-9-13(21-12)22(19,20)16-3/h5-9,16H,4H2,1-3H3,(H,17,18). The van der Waals surface area contributed by atoms with Gasteiger partial charge in [-0.1, -0.05) is 25.1 Å². The van der Waals surface area contributed by atoms with Crippen LogP contribution in [0.2, 0.25) is 0 Å². The monoisotopic (exact) mass is 322 g/mol. The van der Waals surface area contributed by atoms with Crippen LogP contribution in [0.1, 0.15) is 28.6 Å². The van der Waals surface area contributed by atoms with E-state index in [1.165, 1.54) is 19.2 Å². The summed E-state index contributed by atoms with van der Waals surface area (Å²) < 4.78 is 30.5. The first kappa shape index (κ1) is 16.3. The quantitative estimate of drug-likeness (QED) is 0.884. The molecule has 7 heteroatoms. The van der Waals surface area contributed by atoms with Crippen molar-refractivity contribution in [3.8, 4) is 0 Å². The molecule has 6 nitrogen and oxygen atoms in total. The number of para-hydroxylation sites is 1. The minimum atomic E-state index is -3.70. The Morgan fingerprint density at radius 2 is 1.95 bits per heavy atom. The van der Waals surface area contributed by atoms with E-state index in [9.17, 15) is 13.2 Å². The number of sulfonamides is 1. The zero-order chi connectivity index (χ0) is 16.3. The van der Waals surface area contributed by atoms with Crippen molar-refractivity contribution < 1.29 is 17.6 Å².